The Labute approximate surface area is 131 Å². The Hall–Kier alpha value is -3.15. The van der Waals surface area contributed by atoms with Crippen molar-refractivity contribution in [3.63, 3.8) is 0 Å². The summed E-state index contributed by atoms with van der Waals surface area (Å²) in [4.78, 5) is 11.7. The fraction of sp³-hybridized carbons (Fsp3) is 0.0588. The number of ether oxygens (including phenoxy) is 2. The molecule has 0 saturated heterocycles. The van der Waals surface area contributed by atoms with E-state index in [-0.39, 0.29) is 11.4 Å². The highest BCUT2D eigenvalue weighted by Crippen LogP contribution is 2.24. The molecule has 1 N–H and O–H groups in total. The van der Waals surface area contributed by atoms with Gasteiger partial charge in [-0.2, -0.15) is 5.10 Å². The number of halogens is 1. The van der Waals surface area contributed by atoms with Crippen LogP contribution >= 0.6 is 0 Å². The lowest BCUT2D eigenvalue weighted by atomic mass is 10.2. The Balaban J connectivity index is 1.65. The summed E-state index contributed by atoms with van der Waals surface area (Å²) in [6.07, 6.45) is 1.41. The van der Waals surface area contributed by atoms with Gasteiger partial charge in [0.1, 0.15) is 18.1 Å². The number of esters is 1. The number of H-pyrrole nitrogens is 1. The fourth-order valence-corrected chi connectivity index (χ4v) is 1.92. The Kier molecular flexibility index (Phi) is 4.33. The molecule has 23 heavy (non-hydrogen) atoms. The normalized spacial score (nSPS) is 10.3. The maximum absolute atomic E-state index is 14.0. The molecule has 6 heteroatoms. The van der Waals surface area contributed by atoms with Crippen LogP contribution in [0.15, 0.2) is 60.8 Å². The fourth-order valence-electron chi connectivity index (χ4n) is 1.92. The predicted octanol–water partition coefficient (Wildman–Crippen LogP) is 3.35. The van der Waals surface area contributed by atoms with Crippen molar-refractivity contribution in [3.8, 4) is 11.5 Å². The second-order valence-corrected chi connectivity index (χ2v) is 4.73. The summed E-state index contributed by atoms with van der Waals surface area (Å²) < 4.78 is 24.5. The van der Waals surface area contributed by atoms with E-state index in [1.807, 2.05) is 30.3 Å². The van der Waals surface area contributed by atoms with E-state index in [0.717, 1.165) is 5.56 Å². The van der Waals surface area contributed by atoms with Crippen LogP contribution in [-0.4, -0.2) is 16.2 Å². The molecule has 0 radical (unpaired) electrons. The summed E-state index contributed by atoms with van der Waals surface area (Å²) >= 11 is 0. The van der Waals surface area contributed by atoms with Gasteiger partial charge in [-0.05, 0) is 23.8 Å². The predicted molar refractivity (Wildman–Crippen MR) is 80.7 cm³/mol. The molecule has 0 unspecified atom stereocenters. The third-order valence-corrected chi connectivity index (χ3v) is 3.07. The highest BCUT2D eigenvalue weighted by Gasteiger charge is 2.13. The van der Waals surface area contributed by atoms with Crippen molar-refractivity contribution in [2.24, 2.45) is 0 Å². The van der Waals surface area contributed by atoms with Crippen LogP contribution in [0.4, 0.5) is 4.39 Å². The van der Waals surface area contributed by atoms with Crippen molar-refractivity contribution < 1.29 is 18.7 Å². The van der Waals surface area contributed by atoms with Crippen LogP contribution in [0.2, 0.25) is 0 Å². The maximum atomic E-state index is 14.0. The van der Waals surface area contributed by atoms with Crippen LogP contribution < -0.4 is 9.47 Å². The summed E-state index contributed by atoms with van der Waals surface area (Å²) in [5.41, 5.74) is 1.12. The topological polar surface area (TPSA) is 64.2 Å². The van der Waals surface area contributed by atoms with Gasteiger partial charge in [-0.15, -0.1) is 0 Å². The number of carbonyl (C=O) groups excluding carboxylic acids is 1. The highest BCUT2D eigenvalue weighted by molar-refractivity contribution is 5.88. The minimum absolute atomic E-state index is 0.147. The number of nitrogens with zero attached hydrogens (tertiary/aromatic N) is 1. The van der Waals surface area contributed by atoms with Gasteiger partial charge in [-0.3, -0.25) is 5.10 Å². The minimum Gasteiger partial charge on any atom is -0.489 e. The lowest BCUT2D eigenvalue weighted by Crippen LogP contribution is -2.10. The molecule has 3 aromatic rings. The average molecular weight is 312 g/mol. The van der Waals surface area contributed by atoms with E-state index in [1.54, 1.807) is 6.07 Å². The number of hydrogen-bond acceptors (Lipinski definition) is 4. The molecule has 0 amide bonds. The van der Waals surface area contributed by atoms with Gasteiger partial charge in [-0.25, -0.2) is 9.18 Å². The molecule has 0 aliphatic rings. The van der Waals surface area contributed by atoms with Gasteiger partial charge < -0.3 is 9.47 Å². The summed E-state index contributed by atoms with van der Waals surface area (Å²) in [5, 5.41) is 6.09. The molecule has 0 spiro atoms. The first-order chi connectivity index (χ1) is 11.2. The van der Waals surface area contributed by atoms with Crippen molar-refractivity contribution >= 4 is 5.97 Å². The number of hydrogen-bond donors (Lipinski definition) is 1. The first-order valence-corrected chi connectivity index (χ1v) is 6.90. The van der Waals surface area contributed by atoms with Gasteiger partial charge in [0.05, 0.1) is 0 Å². The summed E-state index contributed by atoms with van der Waals surface area (Å²) in [6.45, 7) is 0.327. The van der Waals surface area contributed by atoms with Gasteiger partial charge in [-0.1, -0.05) is 30.3 Å². The van der Waals surface area contributed by atoms with Crippen LogP contribution in [-0.2, 0) is 6.61 Å². The molecular weight excluding hydrogens is 299 g/mol. The van der Waals surface area contributed by atoms with Gasteiger partial charge in [0.25, 0.3) is 0 Å². The minimum atomic E-state index is -0.709. The largest absolute Gasteiger partial charge is 0.489 e. The average Bonchev–Trinajstić information content (AvgIpc) is 3.11. The summed E-state index contributed by atoms with van der Waals surface area (Å²) in [6, 6.07) is 15.1. The molecule has 0 aliphatic carbocycles. The molecule has 5 nitrogen and oxygen atoms in total. The van der Waals surface area contributed by atoms with E-state index in [1.165, 1.54) is 24.4 Å². The van der Waals surface area contributed by atoms with Crippen molar-refractivity contribution in [2.75, 3.05) is 0 Å². The van der Waals surface area contributed by atoms with Gasteiger partial charge in [0.2, 0.25) is 0 Å². The Bertz CT molecular complexity index is 789. The lowest BCUT2D eigenvalue weighted by Gasteiger charge is -2.08. The third-order valence-electron chi connectivity index (χ3n) is 3.07. The van der Waals surface area contributed by atoms with E-state index >= 15 is 0 Å². The quantitative estimate of drug-likeness (QED) is 0.579. The SMILES string of the molecule is O=C(Oc1ccc(OCc2ccccc2)cc1F)c1ccn[nH]1. The molecule has 0 fully saturated rings. The van der Waals surface area contributed by atoms with Crippen LogP contribution in [0.3, 0.4) is 0 Å². The molecule has 116 valence electrons. The smallest absolute Gasteiger partial charge is 0.361 e. The zero-order valence-electron chi connectivity index (χ0n) is 12.0. The molecule has 1 heterocycles. The van der Waals surface area contributed by atoms with E-state index in [2.05, 4.69) is 10.2 Å². The van der Waals surface area contributed by atoms with Gasteiger partial charge in [0, 0.05) is 12.3 Å². The summed E-state index contributed by atoms with van der Waals surface area (Å²) in [7, 11) is 0. The number of nitrogens with one attached hydrogen (secondary N) is 1. The molecule has 0 aliphatic heterocycles. The van der Waals surface area contributed by atoms with Crippen LogP contribution in [0.1, 0.15) is 16.1 Å². The first-order valence-electron chi connectivity index (χ1n) is 6.90. The summed E-state index contributed by atoms with van der Waals surface area (Å²) in [5.74, 6) is -1.20. The van der Waals surface area contributed by atoms with Crippen molar-refractivity contribution in [1.82, 2.24) is 10.2 Å². The van der Waals surface area contributed by atoms with E-state index < -0.39 is 11.8 Å². The van der Waals surface area contributed by atoms with Crippen LogP contribution in [0, 0.1) is 5.82 Å². The second-order valence-electron chi connectivity index (χ2n) is 4.73. The zero-order chi connectivity index (χ0) is 16.1. The van der Waals surface area contributed by atoms with Crippen LogP contribution in [0.5, 0.6) is 11.5 Å². The maximum Gasteiger partial charge on any atom is 0.361 e. The number of rotatable bonds is 5. The number of aromatic amines is 1. The second kappa shape index (κ2) is 6.74. The Morgan fingerprint density at radius 2 is 1.96 bits per heavy atom. The van der Waals surface area contributed by atoms with Gasteiger partial charge in [0.15, 0.2) is 11.6 Å². The van der Waals surface area contributed by atoms with Crippen molar-refractivity contribution in [2.45, 2.75) is 6.61 Å². The number of carbonyl (C=O) groups is 1. The van der Waals surface area contributed by atoms with Crippen molar-refractivity contribution in [1.29, 1.82) is 0 Å². The molecule has 0 atom stereocenters. The molecular formula is C17H13FN2O3. The van der Waals surface area contributed by atoms with Gasteiger partial charge >= 0.3 is 5.97 Å². The molecule has 1 aromatic heterocycles. The van der Waals surface area contributed by atoms with Crippen molar-refractivity contribution in [3.05, 3.63) is 77.9 Å². The molecule has 2 aromatic carbocycles. The van der Waals surface area contributed by atoms with Crippen LogP contribution in [0.25, 0.3) is 0 Å². The number of benzene rings is 2. The van der Waals surface area contributed by atoms with E-state index in [9.17, 15) is 9.18 Å². The standard InChI is InChI=1S/C17H13FN2O3/c18-14-10-13(22-11-12-4-2-1-3-5-12)6-7-16(14)23-17(21)15-8-9-19-20-15/h1-10H,11H2,(H,19,20). The highest BCUT2D eigenvalue weighted by atomic mass is 19.1. The third kappa shape index (κ3) is 3.74. The molecule has 3 rings (SSSR count). The number of aromatic nitrogens is 2. The van der Waals surface area contributed by atoms with E-state index in [4.69, 9.17) is 9.47 Å². The first kappa shape index (κ1) is 14.8. The molecule has 0 bridgehead atoms. The Morgan fingerprint density at radius 1 is 1.13 bits per heavy atom. The Morgan fingerprint density at radius 3 is 2.65 bits per heavy atom. The monoisotopic (exact) mass is 312 g/mol. The van der Waals surface area contributed by atoms with E-state index in [0.29, 0.717) is 12.4 Å². The lowest BCUT2D eigenvalue weighted by molar-refractivity contribution is 0.0721. The molecule has 0 saturated carbocycles. The zero-order valence-corrected chi connectivity index (χ0v) is 12.0.